The lowest BCUT2D eigenvalue weighted by molar-refractivity contribution is -0.126. The van der Waals surface area contributed by atoms with Crippen molar-refractivity contribution in [3.05, 3.63) is 129 Å². The van der Waals surface area contributed by atoms with Crippen LogP contribution in [0.4, 0.5) is 0 Å². The molecule has 0 fully saturated rings. The number of carbonyl (C=O) groups excluding carboxylic acids is 4. The minimum absolute atomic E-state index is 0.165. The average molecular weight is 631 g/mol. The number of ether oxygens (including phenoxy) is 2. The van der Waals surface area contributed by atoms with E-state index in [-0.39, 0.29) is 24.3 Å². The molecular formula is C32H24Cl2N4O6. The summed E-state index contributed by atoms with van der Waals surface area (Å²) in [5, 5.41) is 8.77. The maximum atomic E-state index is 12.4. The van der Waals surface area contributed by atoms with Crippen molar-refractivity contribution in [3.8, 4) is 11.5 Å². The van der Waals surface area contributed by atoms with Crippen LogP contribution in [0, 0.1) is 0 Å². The van der Waals surface area contributed by atoms with Crippen molar-refractivity contribution in [1.29, 1.82) is 0 Å². The number of nitrogens with zero attached hydrogens (tertiary/aromatic N) is 2. The van der Waals surface area contributed by atoms with Crippen LogP contribution in [0.1, 0.15) is 44.7 Å². The van der Waals surface area contributed by atoms with Crippen molar-refractivity contribution in [3.63, 3.8) is 0 Å². The molecule has 0 unspecified atom stereocenters. The minimum Gasteiger partial charge on any atom is -0.422 e. The van der Waals surface area contributed by atoms with Crippen molar-refractivity contribution < 1.29 is 28.7 Å². The predicted octanol–water partition coefficient (Wildman–Crippen LogP) is 5.81. The third-order valence-electron chi connectivity index (χ3n) is 5.77. The molecule has 4 aromatic rings. The highest BCUT2D eigenvalue weighted by atomic mass is 35.5. The van der Waals surface area contributed by atoms with Gasteiger partial charge in [-0.3, -0.25) is 9.59 Å². The normalized spacial score (nSPS) is 10.9. The van der Waals surface area contributed by atoms with Gasteiger partial charge in [0, 0.05) is 34.0 Å². The van der Waals surface area contributed by atoms with Crippen LogP contribution in [-0.2, 0) is 9.59 Å². The topological polar surface area (TPSA) is 136 Å². The van der Waals surface area contributed by atoms with Gasteiger partial charge in [0.15, 0.2) is 0 Å². The Balaban J connectivity index is 1.23. The lowest BCUT2D eigenvalue weighted by Crippen LogP contribution is -2.23. The Morgan fingerprint density at radius 3 is 1.32 bits per heavy atom. The molecule has 2 amide bonds. The number of para-hydroxylation sites is 2. The van der Waals surface area contributed by atoms with E-state index in [4.69, 9.17) is 32.7 Å². The Morgan fingerprint density at radius 1 is 0.568 bits per heavy atom. The molecule has 0 aliphatic carbocycles. The van der Waals surface area contributed by atoms with E-state index in [9.17, 15) is 19.2 Å². The molecule has 10 nitrogen and oxygen atoms in total. The minimum atomic E-state index is -0.581. The fourth-order valence-corrected chi connectivity index (χ4v) is 3.79. The van der Waals surface area contributed by atoms with Gasteiger partial charge < -0.3 is 9.47 Å². The molecule has 0 spiro atoms. The maximum Gasteiger partial charge on any atom is 0.343 e. The number of hydrazone groups is 2. The van der Waals surface area contributed by atoms with Crippen molar-refractivity contribution in [1.82, 2.24) is 10.9 Å². The first kappa shape index (κ1) is 31.6. The third kappa shape index (κ3) is 9.62. The van der Waals surface area contributed by atoms with Gasteiger partial charge in [0.2, 0.25) is 11.8 Å². The van der Waals surface area contributed by atoms with Gasteiger partial charge in [0.1, 0.15) is 11.5 Å². The summed E-state index contributed by atoms with van der Waals surface area (Å²) in [7, 11) is 0. The number of amides is 2. The van der Waals surface area contributed by atoms with Crippen LogP contribution in [0.5, 0.6) is 11.5 Å². The quantitative estimate of drug-likeness (QED) is 0.0928. The maximum absolute atomic E-state index is 12.4. The van der Waals surface area contributed by atoms with Crippen LogP contribution in [-0.4, -0.2) is 36.2 Å². The molecule has 0 heterocycles. The first-order valence-corrected chi connectivity index (χ1v) is 13.8. The summed E-state index contributed by atoms with van der Waals surface area (Å²) in [5.74, 6) is -1.72. The first-order chi connectivity index (χ1) is 21.3. The van der Waals surface area contributed by atoms with Gasteiger partial charge in [-0.25, -0.2) is 20.4 Å². The lowest BCUT2D eigenvalue weighted by atomic mass is 10.2. The Labute approximate surface area is 262 Å². The zero-order chi connectivity index (χ0) is 31.3. The molecular weight excluding hydrogens is 607 g/mol. The van der Waals surface area contributed by atoms with Gasteiger partial charge in [0.25, 0.3) is 0 Å². The standard InChI is InChI=1S/C32H24Cl2N4O6/c33-25-13-9-21(10-14-25)31(41)43-27-7-3-1-5-23(27)19-35-37-29(39)17-18-30(40)38-36-20-24-6-2-4-8-28(24)44-32(42)22-11-15-26(34)16-12-22/h1-16,19-20H,17-18H2,(H,37,39)(H,38,40)/b35-19+,36-20+. The van der Waals surface area contributed by atoms with E-state index in [1.807, 2.05) is 0 Å². The van der Waals surface area contributed by atoms with Crippen molar-refractivity contribution in [2.45, 2.75) is 12.8 Å². The summed E-state index contributed by atoms with van der Waals surface area (Å²) in [6, 6.07) is 25.8. The fourth-order valence-electron chi connectivity index (χ4n) is 3.54. The van der Waals surface area contributed by atoms with Crippen LogP contribution in [0.3, 0.4) is 0 Å². The molecule has 0 aliphatic rings. The summed E-state index contributed by atoms with van der Waals surface area (Å²) in [5.41, 5.74) is 6.19. The van der Waals surface area contributed by atoms with Gasteiger partial charge in [-0.05, 0) is 72.8 Å². The van der Waals surface area contributed by atoms with Gasteiger partial charge >= 0.3 is 11.9 Å². The average Bonchev–Trinajstić information content (AvgIpc) is 3.02. The Morgan fingerprint density at radius 2 is 0.932 bits per heavy atom. The number of hydrogen-bond donors (Lipinski definition) is 2. The number of carbonyl (C=O) groups is 4. The molecule has 0 aromatic heterocycles. The Kier molecular flexibility index (Phi) is 11.3. The molecule has 12 heteroatoms. The zero-order valence-corrected chi connectivity index (χ0v) is 24.4. The van der Waals surface area contributed by atoms with Crippen molar-refractivity contribution in [2.75, 3.05) is 0 Å². The molecule has 2 N–H and O–H groups in total. The highest BCUT2D eigenvalue weighted by Gasteiger charge is 2.12. The molecule has 0 atom stereocenters. The SMILES string of the molecule is O=C(CCC(=O)N/N=C/c1ccccc1OC(=O)c1ccc(Cl)cc1)N/N=C/c1ccccc1OC(=O)c1ccc(Cl)cc1. The number of halogens is 2. The summed E-state index contributed by atoms with van der Waals surface area (Å²) >= 11 is 11.7. The van der Waals surface area contributed by atoms with Crippen molar-refractivity contribution in [2.24, 2.45) is 10.2 Å². The van der Waals surface area contributed by atoms with Gasteiger partial charge in [-0.15, -0.1) is 0 Å². The summed E-state index contributed by atoms with van der Waals surface area (Å²) in [6.07, 6.45) is 2.32. The van der Waals surface area contributed by atoms with Gasteiger partial charge in [-0.2, -0.15) is 10.2 Å². The van der Waals surface area contributed by atoms with Crippen LogP contribution in [0.2, 0.25) is 10.0 Å². The number of rotatable bonds is 11. The second-order valence-electron chi connectivity index (χ2n) is 8.95. The lowest BCUT2D eigenvalue weighted by Gasteiger charge is -2.07. The van der Waals surface area contributed by atoms with Crippen LogP contribution < -0.4 is 20.3 Å². The van der Waals surface area contributed by atoms with E-state index in [2.05, 4.69) is 21.1 Å². The molecule has 0 saturated carbocycles. The van der Waals surface area contributed by atoms with Gasteiger partial charge in [-0.1, -0.05) is 47.5 Å². The molecule has 0 aliphatic heterocycles. The molecule has 0 bridgehead atoms. The summed E-state index contributed by atoms with van der Waals surface area (Å²) in [6.45, 7) is 0. The molecule has 222 valence electrons. The number of hydrogen-bond acceptors (Lipinski definition) is 8. The van der Waals surface area contributed by atoms with E-state index in [1.165, 1.54) is 12.4 Å². The fraction of sp³-hybridized carbons (Fsp3) is 0.0625. The Bertz CT molecular complexity index is 1580. The third-order valence-corrected chi connectivity index (χ3v) is 6.27. The van der Waals surface area contributed by atoms with Crippen LogP contribution in [0.15, 0.2) is 107 Å². The first-order valence-electron chi connectivity index (χ1n) is 13.1. The smallest absolute Gasteiger partial charge is 0.343 e. The van der Waals surface area contributed by atoms with Gasteiger partial charge in [0.05, 0.1) is 23.6 Å². The number of esters is 2. The second kappa shape index (κ2) is 15.8. The molecule has 0 radical (unpaired) electrons. The van der Waals surface area contributed by atoms with E-state index in [0.717, 1.165) is 0 Å². The van der Waals surface area contributed by atoms with E-state index in [1.54, 1.807) is 97.1 Å². The second-order valence-corrected chi connectivity index (χ2v) is 9.83. The molecule has 0 saturated heterocycles. The van der Waals surface area contributed by atoms with Crippen molar-refractivity contribution >= 4 is 59.4 Å². The highest BCUT2D eigenvalue weighted by Crippen LogP contribution is 2.20. The summed E-state index contributed by atoms with van der Waals surface area (Å²) in [4.78, 5) is 49.3. The predicted molar refractivity (Wildman–Crippen MR) is 166 cm³/mol. The number of benzene rings is 4. The summed E-state index contributed by atoms with van der Waals surface area (Å²) < 4.78 is 10.9. The zero-order valence-electron chi connectivity index (χ0n) is 22.9. The monoisotopic (exact) mass is 630 g/mol. The largest absolute Gasteiger partial charge is 0.422 e. The van der Waals surface area contributed by atoms with E-state index in [0.29, 0.717) is 32.3 Å². The highest BCUT2D eigenvalue weighted by molar-refractivity contribution is 6.31. The molecule has 44 heavy (non-hydrogen) atoms. The molecule has 4 aromatic carbocycles. The van der Waals surface area contributed by atoms with E-state index >= 15 is 0 Å². The van der Waals surface area contributed by atoms with Crippen LogP contribution in [0.25, 0.3) is 0 Å². The van der Waals surface area contributed by atoms with Crippen LogP contribution >= 0.6 is 23.2 Å². The molecule has 4 rings (SSSR count). The van der Waals surface area contributed by atoms with E-state index < -0.39 is 23.8 Å². The number of nitrogens with one attached hydrogen (secondary N) is 2. The Hall–Kier alpha value is -5.32.